The number of aliphatic hydroxyl groups is 1. The molecule has 0 unspecified atom stereocenters. The molecule has 0 fully saturated rings. The van der Waals surface area contributed by atoms with Crippen LogP contribution in [0.5, 0.6) is 5.75 Å². The van der Waals surface area contributed by atoms with Crippen LogP contribution >= 0.6 is 15.9 Å². The molecule has 0 saturated heterocycles. The van der Waals surface area contributed by atoms with Gasteiger partial charge in [-0.15, -0.1) is 0 Å². The predicted octanol–water partition coefficient (Wildman–Crippen LogP) is 3.02. The Hall–Kier alpha value is -0.580. The van der Waals surface area contributed by atoms with Crippen molar-refractivity contribution in [2.75, 3.05) is 13.2 Å². The minimum absolute atomic E-state index is 0.164. The lowest BCUT2D eigenvalue weighted by atomic mass is 9.93. The third-order valence-electron chi connectivity index (χ3n) is 4.14. The summed E-state index contributed by atoms with van der Waals surface area (Å²) in [7, 11) is 0. The van der Waals surface area contributed by atoms with Gasteiger partial charge in [0.1, 0.15) is 5.75 Å². The Kier molecular flexibility index (Phi) is 4.87. The van der Waals surface area contributed by atoms with E-state index in [4.69, 9.17) is 4.74 Å². The molecule has 106 valence electrons. The molecule has 0 bridgehead atoms. The van der Waals surface area contributed by atoms with Gasteiger partial charge in [-0.3, -0.25) is 0 Å². The zero-order chi connectivity index (χ0) is 13.9. The lowest BCUT2D eigenvalue weighted by Crippen LogP contribution is -2.47. The zero-order valence-electron chi connectivity index (χ0n) is 11.6. The molecule has 1 aliphatic rings. The lowest BCUT2D eigenvalue weighted by Gasteiger charge is -2.31. The van der Waals surface area contributed by atoms with E-state index in [-0.39, 0.29) is 12.1 Å². The van der Waals surface area contributed by atoms with E-state index in [1.54, 1.807) is 0 Å². The van der Waals surface area contributed by atoms with E-state index in [2.05, 4.69) is 47.2 Å². The van der Waals surface area contributed by atoms with Crippen LogP contribution in [0.3, 0.4) is 0 Å². The normalized spacial score (nSPS) is 14.3. The van der Waals surface area contributed by atoms with Crippen LogP contribution in [0.15, 0.2) is 16.6 Å². The molecule has 2 N–H and O–H groups in total. The van der Waals surface area contributed by atoms with Crippen LogP contribution in [-0.2, 0) is 13.0 Å². The number of rotatable bonds is 6. The van der Waals surface area contributed by atoms with Gasteiger partial charge in [-0.25, -0.2) is 0 Å². The van der Waals surface area contributed by atoms with E-state index in [1.165, 1.54) is 11.1 Å². The summed E-state index contributed by atoms with van der Waals surface area (Å²) >= 11 is 3.55. The second-order valence-electron chi connectivity index (χ2n) is 5.15. The average molecular weight is 328 g/mol. The van der Waals surface area contributed by atoms with E-state index < -0.39 is 0 Å². The largest absolute Gasteiger partial charge is 0.493 e. The quantitative estimate of drug-likeness (QED) is 0.843. The Morgan fingerprint density at radius 3 is 2.74 bits per heavy atom. The number of hydrogen-bond acceptors (Lipinski definition) is 3. The maximum absolute atomic E-state index is 9.60. The van der Waals surface area contributed by atoms with Crippen LogP contribution in [-0.4, -0.2) is 23.9 Å². The molecule has 1 aliphatic heterocycles. The number of benzene rings is 1. The first kappa shape index (κ1) is 14.8. The lowest BCUT2D eigenvalue weighted by molar-refractivity contribution is 0.149. The summed E-state index contributed by atoms with van der Waals surface area (Å²) in [5.74, 6) is 1.02. The van der Waals surface area contributed by atoms with E-state index in [0.29, 0.717) is 0 Å². The fraction of sp³-hybridized carbons (Fsp3) is 0.600. The summed E-state index contributed by atoms with van der Waals surface area (Å²) in [4.78, 5) is 0. The third-order valence-corrected chi connectivity index (χ3v) is 4.59. The maximum atomic E-state index is 9.60. The van der Waals surface area contributed by atoms with E-state index in [1.807, 2.05) is 0 Å². The summed E-state index contributed by atoms with van der Waals surface area (Å²) in [6.07, 6.45) is 2.81. The van der Waals surface area contributed by atoms with E-state index in [9.17, 15) is 5.11 Å². The van der Waals surface area contributed by atoms with Gasteiger partial charge < -0.3 is 15.2 Å². The highest BCUT2D eigenvalue weighted by atomic mass is 79.9. The molecular weight excluding hydrogens is 306 g/mol. The molecule has 0 amide bonds. The average Bonchev–Trinajstić information content (AvgIpc) is 2.88. The smallest absolute Gasteiger partial charge is 0.127 e. The van der Waals surface area contributed by atoms with Gasteiger partial charge in [0, 0.05) is 28.5 Å². The van der Waals surface area contributed by atoms with Gasteiger partial charge in [-0.1, -0.05) is 29.8 Å². The number of nitrogens with one attached hydrogen (secondary N) is 1. The molecule has 1 heterocycles. The van der Waals surface area contributed by atoms with Crippen LogP contribution in [0.4, 0.5) is 0 Å². The molecule has 19 heavy (non-hydrogen) atoms. The second-order valence-corrected chi connectivity index (χ2v) is 6.07. The maximum Gasteiger partial charge on any atom is 0.127 e. The Labute approximate surface area is 123 Å². The van der Waals surface area contributed by atoms with Crippen molar-refractivity contribution in [2.45, 2.75) is 45.2 Å². The standard InChI is InChI=1S/C15H22BrNO2/c1-3-15(4-2,10-18)17-9-12-8-13(16)7-11-5-6-19-14(11)12/h7-8,17-18H,3-6,9-10H2,1-2H3. The van der Waals surface area contributed by atoms with Gasteiger partial charge in [-0.2, -0.15) is 0 Å². The van der Waals surface area contributed by atoms with Crippen molar-refractivity contribution < 1.29 is 9.84 Å². The van der Waals surface area contributed by atoms with E-state index in [0.717, 1.165) is 42.6 Å². The number of aliphatic hydroxyl groups excluding tert-OH is 1. The number of fused-ring (bicyclic) bond motifs is 1. The molecule has 0 saturated carbocycles. The molecule has 2 rings (SSSR count). The minimum Gasteiger partial charge on any atom is -0.493 e. The van der Waals surface area contributed by atoms with Crippen molar-refractivity contribution in [3.8, 4) is 5.75 Å². The number of halogens is 1. The van der Waals surface area contributed by atoms with Crippen LogP contribution in [0.25, 0.3) is 0 Å². The van der Waals surface area contributed by atoms with Crippen molar-refractivity contribution in [3.05, 3.63) is 27.7 Å². The van der Waals surface area contributed by atoms with Gasteiger partial charge in [0.25, 0.3) is 0 Å². The van der Waals surface area contributed by atoms with Crippen molar-refractivity contribution in [3.63, 3.8) is 0 Å². The van der Waals surface area contributed by atoms with Gasteiger partial charge in [0.15, 0.2) is 0 Å². The molecule has 0 aliphatic carbocycles. The minimum atomic E-state index is -0.187. The molecule has 1 aromatic carbocycles. The highest BCUT2D eigenvalue weighted by Gasteiger charge is 2.25. The predicted molar refractivity (Wildman–Crippen MR) is 80.6 cm³/mol. The SMILES string of the molecule is CCC(CC)(CO)NCc1cc(Br)cc2c1OCC2. The fourth-order valence-corrected chi connectivity index (χ4v) is 3.09. The Morgan fingerprint density at radius 1 is 1.37 bits per heavy atom. The number of hydrogen-bond donors (Lipinski definition) is 2. The zero-order valence-corrected chi connectivity index (χ0v) is 13.2. The van der Waals surface area contributed by atoms with Gasteiger partial charge in [0.2, 0.25) is 0 Å². The summed E-state index contributed by atoms with van der Waals surface area (Å²) in [5, 5.41) is 13.1. The highest BCUT2D eigenvalue weighted by Crippen LogP contribution is 2.33. The third kappa shape index (κ3) is 3.12. The fourth-order valence-electron chi connectivity index (χ4n) is 2.54. The summed E-state index contributed by atoms with van der Waals surface area (Å²) in [6, 6.07) is 4.23. The molecule has 4 heteroatoms. The van der Waals surface area contributed by atoms with Crippen LogP contribution in [0, 0.1) is 0 Å². The summed E-state index contributed by atoms with van der Waals surface area (Å²) < 4.78 is 6.82. The van der Waals surface area contributed by atoms with Crippen molar-refractivity contribution >= 4 is 15.9 Å². The number of ether oxygens (including phenoxy) is 1. The van der Waals surface area contributed by atoms with Crippen LogP contribution in [0.1, 0.15) is 37.8 Å². The highest BCUT2D eigenvalue weighted by molar-refractivity contribution is 9.10. The Bertz CT molecular complexity index is 436. The second kappa shape index (κ2) is 6.25. The first-order valence-electron chi connectivity index (χ1n) is 6.94. The van der Waals surface area contributed by atoms with Gasteiger partial charge >= 0.3 is 0 Å². The Balaban J connectivity index is 2.16. The van der Waals surface area contributed by atoms with Crippen LogP contribution < -0.4 is 10.1 Å². The molecular formula is C15H22BrNO2. The van der Waals surface area contributed by atoms with Crippen LogP contribution in [0.2, 0.25) is 0 Å². The van der Waals surface area contributed by atoms with Crippen molar-refractivity contribution in [1.29, 1.82) is 0 Å². The van der Waals surface area contributed by atoms with Gasteiger partial charge in [0.05, 0.1) is 13.2 Å². The summed E-state index contributed by atoms with van der Waals surface area (Å²) in [6.45, 7) is 5.87. The molecule has 0 aromatic heterocycles. The monoisotopic (exact) mass is 327 g/mol. The summed E-state index contributed by atoms with van der Waals surface area (Å²) in [5.41, 5.74) is 2.25. The topological polar surface area (TPSA) is 41.5 Å². The molecule has 0 spiro atoms. The molecule has 0 atom stereocenters. The molecule has 3 nitrogen and oxygen atoms in total. The first-order valence-corrected chi connectivity index (χ1v) is 7.73. The Morgan fingerprint density at radius 2 is 2.11 bits per heavy atom. The molecule has 0 radical (unpaired) electrons. The first-order chi connectivity index (χ1) is 9.14. The molecule has 1 aromatic rings. The van der Waals surface area contributed by atoms with Gasteiger partial charge in [-0.05, 0) is 30.5 Å². The van der Waals surface area contributed by atoms with Crippen molar-refractivity contribution in [1.82, 2.24) is 5.32 Å². The van der Waals surface area contributed by atoms with Crippen molar-refractivity contribution in [2.24, 2.45) is 0 Å². The van der Waals surface area contributed by atoms with E-state index >= 15 is 0 Å².